The number of aromatic nitrogens is 6. The van der Waals surface area contributed by atoms with E-state index in [-0.39, 0.29) is 17.8 Å². The van der Waals surface area contributed by atoms with Crippen molar-refractivity contribution in [3.63, 3.8) is 0 Å². The molecule has 1 aliphatic heterocycles. The van der Waals surface area contributed by atoms with E-state index in [4.69, 9.17) is 4.74 Å². The maximum absolute atomic E-state index is 12.7. The summed E-state index contributed by atoms with van der Waals surface area (Å²) in [5.41, 5.74) is 1.73. The Labute approximate surface area is 143 Å². The van der Waals surface area contributed by atoms with Crippen molar-refractivity contribution in [1.29, 1.82) is 0 Å². The van der Waals surface area contributed by atoms with Crippen LogP contribution >= 0.6 is 0 Å². The van der Waals surface area contributed by atoms with Crippen LogP contribution in [0.25, 0.3) is 5.78 Å². The number of carbonyl (C=O) groups is 1. The predicted molar refractivity (Wildman–Crippen MR) is 87.2 cm³/mol. The third-order valence-electron chi connectivity index (χ3n) is 4.08. The summed E-state index contributed by atoms with van der Waals surface area (Å²) in [7, 11) is 0. The zero-order chi connectivity index (χ0) is 17.4. The molecule has 9 nitrogen and oxygen atoms in total. The van der Waals surface area contributed by atoms with E-state index in [1.54, 1.807) is 21.7 Å². The van der Waals surface area contributed by atoms with Gasteiger partial charge in [-0.3, -0.25) is 4.79 Å². The lowest BCUT2D eigenvalue weighted by atomic mass is 10.3. The average molecular weight is 339 g/mol. The molecule has 1 amide bonds. The summed E-state index contributed by atoms with van der Waals surface area (Å²) in [4.78, 5) is 30.9. The third-order valence-corrected chi connectivity index (χ3v) is 4.08. The van der Waals surface area contributed by atoms with E-state index < -0.39 is 0 Å². The third kappa shape index (κ3) is 3.00. The van der Waals surface area contributed by atoms with Gasteiger partial charge in [0.2, 0.25) is 11.7 Å². The topological polar surface area (TPSA) is 98.4 Å². The van der Waals surface area contributed by atoms with Gasteiger partial charge in [-0.15, -0.1) is 5.10 Å². The van der Waals surface area contributed by atoms with E-state index in [0.717, 1.165) is 17.8 Å². The second-order valence-electron chi connectivity index (χ2n) is 6.01. The second-order valence-corrected chi connectivity index (χ2v) is 6.01. The van der Waals surface area contributed by atoms with Gasteiger partial charge < -0.3 is 9.64 Å². The van der Waals surface area contributed by atoms with Crippen LogP contribution in [0, 0.1) is 13.8 Å². The lowest BCUT2D eigenvalue weighted by Gasteiger charge is -2.15. The molecule has 128 valence electrons. The maximum Gasteiger partial charge on any atom is 0.293 e. The number of amides is 1. The molecule has 4 rings (SSSR count). The highest BCUT2D eigenvalue weighted by atomic mass is 16.5. The molecule has 25 heavy (non-hydrogen) atoms. The Kier molecular flexibility index (Phi) is 3.75. The van der Waals surface area contributed by atoms with Gasteiger partial charge in [0.25, 0.3) is 11.7 Å². The molecule has 0 bridgehead atoms. The number of ether oxygens (including phenoxy) is 1. The van der Waals surface area contributed by atoms with Crippen LogP contribution in [0.2, 0.25) is 0 Å². The Bertz CT molecular complexity index is 925. The molecule has 0 spiro atoms. The molecule has 3 aromatic heterocycles. The number of likely N-dealkylation sites (tertiary alicyclic amines) is 1. The van der Waals surface area contributed by atoms with Crippen molar-refractivity contribution < 1.29 is 9.53 Å². The van der Waals surface area contributed by atoms with Gasteiger partial charge in [-0.2, -0.15) is 4.98 Å². The Morgan fingerprint density at radius 1 is 1.32 bits per heavy atom. The lowest BCUT2D eigenvalue weighted by molar-refractivity contribution is 0.0759. The van der Waals surface area contributed by atoms with Crippen molar-refractivity contribution in [2.75, 3.05) is 13.1 Å². The van der Waals surface area contributed by atoms with E-state index in [2.05, 4.69) is 25.0 Å². The van der Waals surface area contributed by atoms with Gasteiger partial charge in [0.15, 0.2) is 0 Å². The summed E-state index contributed by atoms with van der Waals surface area (Å²) < 4.78 is 7.37. The van der Waals surface area contributed by atoms with Crippen LogP contribution in [-0.4, -0.2) is 59.6 Å². The fourth-order valence-corrected chi connectivity index (χ4v) is 2.93. The summed E-state index contributed by atoms with van der Waals surface area (Å²) in [5, 5.41) is 4.30. The minimum atomic E-state index is -0.212. The zero-order valence-electron chi connectivity index (χ0n) is 14.0. The van der Waals surface area contributed by atoms with Gasteiger partial charge in [-0.05, 0) is 19.9 Å². The minimum Gasteiger partial charge on any atom is -0.472 e. The van der Waals surface area contributed by atoms with Crippen LogP contribution in [0.5, 0.6) is 5.88 Å². The molecule has 1 atom stereocenters. The Balaban J connectivity index is 1.49. The first-order valence-electron chi connectivity index (χ1n) is 8.03. The molecule has 1 fully saturated rings. The first-order valence-corrected chi connectivity index (χ1v) is 8.03. The molecule has 0 unspecified atom stereocenters. The molecule has 9 heteroatoms. The van der Waals surface area contributed by atoms with Gasteiger partial charge in [0.1, 0.15) is 12.4 Å². The van der Waals surface area contributed by atoms with Gasteiger partial charge in [0, 0.05) is 36.6 Å². The molecule has 0 radical (unpaired) electrons. The van der Waals surface area contributed by atoms with Crippen molar-refractivity contribution in [1.82, 2.24) is 34.4 Å². The Morgan fingerprint density at radius 2 is 2.20 bits per heavy atom. The summed E-state index contributed by atoms with van der Waals surface area (Å²) in [5.74, 6) is 0.893. The van der Waals surface area contributed by atoms with Crippen molar-refractivity contribution in [2.24, 2.45) is 0 Å². The maximum atomic E-state index is 12.7. The molecule has 1 aliphatic rings. The molecular formula is C16H17N7O2. The van der Waals surface area contributed by atoms with Gasteiger partial charge in [0.05, 0.1) is 6.54 Å². The number of hydrogen-bond donors (Lipinski definition) is 0. The highest BCUT2D eigenvalue weighted by Gasteiger charge is 2.30. The zero-order valence-corrected chi connectivity index (χ0v) is 14.0. The van der Waals surface area contributed by atoms with Gasteiger partial charge >= 0.3 is 0 Å². The number of hydrogen-bond acceptors (Lipinski definition) is 7. The first-order chi connectivity index (χ1) is 12.1. The number of carbonyl (C=O) groups excluding carboxylic acids is 1. The fourth-order valence-electron chi connectivity index (χ4n) is 2.93. The first kappa shape index (κ1) is 15.4. The van der Waals surface area contributed by atoms with Crippen LogP contribution in [0.4, 0.5) is 0 Å². The van der Waals surface area contributed by atoms with Crippen molar-refractivity contribution in [3.8, 4) is 5.88 Å². The molecule has 4 heterocycles. The standard InChI is InChI=1S/C16H17N7O2/c1-10-7-11(2)23-16(19-10)20-14(21-23)15(24)22-6-4-12(8-22)25-13-3-5-17-9-18-13/h3,5,7,9,12H,4,6,8H2,1-2H3/t12-/m0/s1. The molecule has 3 aromatic rings. The van der Waals surface area contributed by atoms with Gasteiger partial charge in [-0.25, -0.2) is 19.5 Å². The molecular weight excluding hydrogens is 322 g/mol. The van der Waals surface area contributed by atoms with E-state index in [1.807, 2.05) is 19.9 Å². The van der Waals surface area contributed by atoms with Crippen LogP contribution in [0.15, 0.2) is 24.7 Å². The highest BCUT2D eigenvalue weighted by molar-refractivity contribution is 5.91. The monoisotopic (exact) mass is 339 g/mol. The molecule has 0 saturated carbocycles. The summed E-state index contributed by atoms with van der Waals surface area (Å²) >= 11 is 0. The van der Waals surface area contributed by atoms with Crippen LogP contribution in [0.1, 0.15) is 28.4 Å². The Morgan fingerprint density at radius 3 is 3.00 bits per heavy atom. The van der Waals surface area contributed by atoms with E-state index in [1.165, 1.54) is 6.33 Å². The molecule has 0 N–H and O–H groups in total. The van der Waals surface area contributed by atoms with Crippen molar-refractivity contribution >= 4 is 11.7 Å². The quantitative estimate of drug-likeness (QED) is 0.697. The number of aryl methyl sites for hydroxylation is 2. The lowest BCUT2D eigenvalue weighted by Crippen LogP contribution is -2.31. The number of fused-ring (bicyclic) bond motifs is 1. The second kappa shape index (κ2) is 6.08. The number of nitrogens with zero attached hydrogens (tertiary/aromatic N) is 7. The SMILES string of the molecule is Cc1cc(C)n2nc(C(=O)N3CC[C@H](Oc4ccncn4)C3)nc2n1. The normalized spacial score (nSPS) is 17.2. The number of rotatable bonds is 3. The van der Waals surface area contributed by atoms with Crippen LogP contribution < -0.4 is 4.74 Å². The molecule has 0 aromatic carbocycles. The Hall–Kier alpha value is -3.10. The largest absolute Gasteiger partial charge is 0.472 e. The van der Waals surface area contributed by atoms with Gasteiger partial charge in [-0.1, -0.05) is 0 Å². The van der Waals surface area contributed by atoms with E-state index >= 15 is 0 Å². The van der Waals surface area contributed by atoms with E-state index in [0.29, 0.717) is 24.7 Å². The van der Waals surface area contributed by atoms with Crippen LogP contribution in [-0.2, 0) is 0 Å². The van der Waals surface area contributed by atoms with E-state index in [9.17, 15) is 4.79 Å². The summed E-state index contributed by atoms with van der Waals surface area (Å²) in [6, 6.07) is 3.60. The highest BCUT2D eigenvalue weighted by Crippen LogP contribution is 2.17. The van der Waals surface area contributed by atoms with Crippen molar-refractivity contribution in [3.05, 3.63) is 41.9 Å². The van der Waals surface area contributed by atoms with Crippen LogP contribution in [0.3, 0.4) is 0 Å². The smallest absolute Gasteiger partial charge is 0.293 e. The fraction of sp³-hybridized carbons (Fsp3) is 0.375. The van der Waals surface area contributed by atoms with Crippen molar-refractivity contribution in [2.45, 2.75) is 26.4 Å². The average Bonchev–Trinajstić information content (AvgIpc) is 3.22. The summed E-state index contributed by atoms with van der Waals surface area (Å²) in [6.07, 6.45) is 3.70. The molecule has 1 saturated heterocycles. The molecule has 0 aliphatic carbocycles. The minimum absolute atomic E-state index is 0.0991. The summed E-state index contributed by atoms with van der Waals surface area (Å²) in [6.45, 7) is 4.87. The predicted octanol–water partition coefficient (Wildman–Crippen LogP) is 0.825.